The van der Waals surface area contributed by atoms with Crippen molar-refractivity contribution in [3.63, 3.8) is 0 Å². The van der Waals surface area contributed by atoms with Gasteiger partial charge in [0, 0.05) is 19.5 Å². The Hall–Kier alpha value is -1.26. The maximum absolute atomic E-state index is 11.8. The highest BCUT2D eigenvalue weighted by atomic mass is 16.6. The van der Waals surface area contributed by atoms with Crippen molar-refractivity contribution in [1.29, 1.82) is 0 Å². The average Bonchev–Trinajstić information content (AvgIpc) is 2.09. The SMILES string of the molecule is CC(C)[C@@H](CC(N)=O)N(C)C(=O)OC(C)(C)C. The second kappa shape index (κ2) is 5.89. The third-order valence-electron chi connectivity index (χ3n) is 2.36. The van der Waals surface area contributed by atoms with Crippen molar-refractivity contribution in [3.8, 4) is 0 Å². The van der Waals surface area contributed by atoms with E-state index in [4.69, 9.17) is 10.5 Å². The molecule has 0 radical (unpaired) electrons. The monoisotopic (exact) mass is 244 g/mol. The Kier molecular flexibility index (Phi) is 5.45. The van der Waals surface area contributed by atoms with E-state index in [1.54, 1.807) is 27.8 Å². The largest absolute Gasteiger partial charge is 0.444 e. The van der Waals surface area contributed by atoms with E-state index in [1.165, 1.54) is 4.90 Å². The van der Waals surface area contributed by atoms with E-state index in [0.29, 0.717) is 0 Å². The Morgan fingerprint density at radius 3 is 2.06 bits per heavy atom. The molecule has 17 heavy (non-hydrogen) atoms. The van der Waals surface area contributed by atoms with Crippen LogP contribution in [0.2, 0.25) is 0 Å². The number of ether oxygens (including phenoxy) is 1. The molecule has 0 aromatic rings. The first-order chi connectivity index (χ1) is 7.54. The molecule has 100 valence electrons. The fourth-order valence-electron chi connectivity index (χ4n) is 1.50. The zero-order chi connectivity index (χ0) is 13.8. The molecule has 5 heteroatoms. The molecule has 0 aromatic heterocycles. The van der Waals surface area contributed by atoms with Crippen molar-refractivity contribution in [2.45, 2.75) is 52.7 Å². The van der Waals surface area contributed by atoms with Crippen molar-refractivity contribution in [2.24, 2.45) is 11.7 Å². The highest BCUT2D eigenvalue weighted by molar-refractivity contribution is 5.76. The van der Waals surface area contributed by atoms with E-state index in [9.17, 15) is 9.59 Å². The van der Waals surface area contributed by atoms with Crippen molar-refractivity contribution < 1.29 is 14.3 Å². The lowest BCUT2D eigenvalue weighted by molar-refractivity contribution is -0.119. The highest BCUT2D eigenvalue weighted by Gasteiger charge is 2.28. The number of carbonyl (C=O) groups excluding carboxylic acids is 2. The summed E-state index contributed by atoms with van der Waals surface area (Å²) in [4.78, 5) is 24.3. The molecule has 0 unspecified atom stereocenters. The van der Waals surface area contributed by atoms with Crippen LogP contribution in [0, 0.1) is 5.92 Å². The Balaban J connectivity index is 4.66. The van der Waals surface area contributed by atoms with Gasteiger partial charge in [0.25, 0.3) is 0 Å². The molecule has 0 saturated carbocycles. The molecule has 0 rings (SSSR count). The molecule has 1 atom stereocenters. The minimum absolute atomic E-state index is 0.139. The van der Waals surface area contributed by atoms with Gasteiger partial charge in [0.15, 0.2) is 0 Å². The fourth-order valence-corrected chi connectivity index (χ4v) is 1.50. The highest BCUT2D eigenvalue weighted by Crippen LogP contribution is 2.16. The summed E-state index contributed by atoms with van der Waals surface area (Å²) in [7, 11) is 1.63. The fraction of sp³-hybridized carbons (Fsp3) is 0.833. The Labute approximate surface area is 103 Å². The van der Waals surface area contributed by atoms with Gasteiger partial charge in [-0.3, -0.25) is 4.79 Å². The standard InChI is InChI=1S/C12H24N2O3/c1-8(2)9(7-10(13)15)14(6)11(16)17-12(3,4)5/h8-9H,7H2,1-6H3,(H2,13,15)/t9-/m1/s1. The zero-order valence-electron chi connectivity index (χ0n) is 11.6. The maximum atomic E-state index is 11.8. The van der Waals surface area contributed by atoms with E-state index < -0.39 is 17.6 Å². The lowest BCUT2D eigenvalue weighted by atomic mass is 9.99. The third kappa shape index (κ3) is 6.14. The summed E-state index contributed by atoms with van der Waals surface area (Å²) in [5.74, 6) is -0.279. The van der Waals surface area contributed by atoms with Gasteiger partial charge in [-0.25, -0.2) is 4.79 Å². The minimum Gasteiger partial charge on any atom is -0.444 e. The topological polar surface area (TPSA) is 72.6 Å². The van der Waals surface area contributed by atoms with Gasteiger partial charge < -0.3 is 15.4 Å². The number of hydrogen-bond acceptors (Lipinski definition) is 3. The Morgan fingerprint density at radius 2 is 1.76 bits per heavy atom. The molecule has 2 amide bonds. The van der Waals surface area contributed by atoms with Crippen LogP contribution in [0.3, 0.4) is 0 Å². The van der Waals surface area contributed by atoms with E-state index in [2.05, 4.69) is 0 Å². The number of nitrogens with two attached hydrogens (primary N) is 1. The van der Waals surface area contributed by atoms with Crippen molar-refractivity contribution in [1.82, 2.24) is 4.90 Å². The van der Waals surface area contributed by atoms with Gasteiger partial charge in [0.1, 0.15) is 5.60 Å². The van der Waals surface area contributed by atoms with Crippen LogP contribution in [0.5, 0.6) is 0 Å². The Morgan fingerprint density at radius 1 is 1.29 bits per heavy atom. The lowest BCUT2D eigenvalue weighted by Gasteiger charge is -2.32. The van der Waals surface area contributed by atoms with Crippen LogP contribution in [0.25, 0.3) is 0 Å². The third-order valence-corrected chi connectivity index (χ3v) is 2.36. The zero-order valence-corrected chi connectivity index (χ0v) is 11.6. The normalized spacial score (nSPS) is 13.4. The Bertz CT molecular complexity index is 282. The summed E-state index contributed by atoms with van der Waals surface area (Å²) in [6.45, 7) is 9.29. The van der Waals surface area contributed by atoms with E-state index >= 15 is 0 Å². The first-order valence-electron chi connectivity index (χ1n) is 5.78. The predicted octanol–water partition coefficient (Wildman–Crippen LogP) is 1.75. The number of primary amides is 1. The van der Waals surface area contributed by atoms with Crippen molar-refractivity contribution in [2.75, 3.05) is 7.05 Å². The van der Waals surface area contributed by atoms with Crippen LogP contribution in [-0.2, 0) is 9.53 Å². The molecule has 0 bridgehead atoms. The van der Waals surface area contributed by atoms with Crippen LogP contribution >= 0.6 is 0 Å². The van der Waals surface area contributed by atoms with Gasteiger partial charge in [-0.1, -0.05) is 13.8 Å². The van der Waals surface area contributed by atoms with Crippen LogP contribution in [0.1, 0.15) is 41.0 Å². The molecule has 0 aliphatic carbocycles. The molecule has 0 fully saturated rings. The molecule has 0 aromatic carbocycles. The number of carbonyl (C=O) groups is 2. The van der Waals surface area contributed by atoms with Crippen molar-refractivity contribution >= 4 is 12.0 Å². The average molecular weight is 244 g/mol. The van der Waals surface area contributed by atoms with Crippen LogP contribution < -0.4 is 5.73 Å². The summed E-state index contributed by atoms with van der Waals surface area (Å²) in [5.41, 5.74) is 4.64. The minimum atomic E-state index is -0.542. The second-order valence-electron chi connectivity index (χ2n) is 5.57. The summed E-state index contributed by atoms with van der Waals surface area (Å²) >= 11 is 0. The molecular formula is C12H24N2O3. The number of rotatable bonds is 4. The van der Waals surface area contributed by atoms with E-state index in [-0.39, 0.29) is 18.4 Å². The van der Waals surface area contributed by atoms with E-state index in [0.717, 1.165) is 0 Å². The molecule has 5 nitrogen and oxygen atoms in total. The summed E-state index contributed by atoms with van der Waals surface area (Å²) in [5, 5.41) is 0. The smallest absolute Gasteiger partial charge is 0.410 e. The molecule has 0 spiro atoms. The molecule has 0 saturated heterocycles. The lowest BCUT2D eigenvalue weighted by Crippen LogP contribution is -2.45. The van der Waals surface area contributed by atoms with Gasteiger partial charge in [-0.2, -0.15) is 0 Å². The first-order valence-corrected chi connectivity index (χ1v) is 5.78. The van der Waals surface area contributed by atoms with Crippen molar-refractivity contribution in [3.05, 3.63) is 0 Å². The van der Waals surface area contributed by atoms with Gasteiger partial charge in [-0.15, -0.1) is 0 Å². The first kappa shape index (κ1) is 15.7. The van der Waals surface area contributed by atoms with E-state index in [1.807, 2.05) is 13.8 Å². The summed E-state index contributed by atoms with van der Waals surface area (Å²) < 4.78 is 5.25. The second-order valence-corrected chi connectivity index (χ2v) is 5.57. The molecule has 2 N–H and O–H groups in total. The molecule has 0 aliphatic heterocycles. The predicted molar refractivity (Wildman–Crippen MR) is 66.4 cm³/mol. The number of nitrogens with zero attached hydrogens (tertiary/aromatic N) is 1. The molecular weight excluding hydrogens is 220 g/mol. The maximum Gasteiger partial charge on any atom is 0.410 e. The quantitative estimate of drug-likeness (QED) is 0.818. The van der Waals surface area contributed by atoms with Crippen LogP contribution in [0.15, 0.2) is 0 Å². The van der Waals surface area contributed by atoms with Gasteiger partial charge in [0.05, 0.1) is 0 Å². The molecule has 0 aliphatic rings. The molecule has 0 heterocycles. The number of hydrogen-bond donors (Lipinski definition) is 1. The number of amides is 2. The summed E-state index contributed by atoms with van der Waals surface area (Å²) in [6, 6.07) is -0.234. The van der Waals surface area contributed by atoms with Gasteiger partial charge in [-0.05, 0) is 26.7 Å². The van der Waals surface area contributed by atoms with Crippen LogP contribution in [-0.4, -0.2) is 35.6 Å². The van der Waals surface area contributed by atoms with Crippen LogP contribution in [0.4, 0.5) is 4.79 Å². The van der Waals surface area contributed by atoms with Gasteiger partial charge in [0.2, 0.25) is 5.91 Å². The van der Waals surface area contributed by atoms with Gasteiger partial charge >= 0.3 is 6.09 Å². The summed E-state index contributed by atoms with van der Waals surface area (Å²) in [6.07, 6.45) is -0.287.